The van der Waals surface area contributed by atoms with Crippen LogP contribution in [0.2, 0.25) is 5.02 Å². The molecule has 3 rings (SSSR count). The van der Waals surface area contributed by atoms with Gasteiger partial charge in [-0.1, -0.05) is 30.5 Å². The molecular formula is C17H22ClN3O2. The molecule has 124 valence electrons. The van der Waals surface area contributed by atoms with Crippen LogP contribution < -0.4 is 16.0 Å². The molecule has 5 nitrogen and oxygen atoms in total. The van der Waals surface area contributed by atoms with E-state index in [0.717, 1.165) is 24.8 Å². The first kappa shape index (κ1) is 16.3. The number of aryl methyl sites for hydroxylation is 1. The highest BCUT2D eigenvalue weighted by Crippen LogP contribution is 2.24. The van der Waals surface area contributed by atoms with E-state index in [0.29, 0.717) is 10.7 Å². The second-order valence-electron chi connectivity index (χ2n) is 6.46. The molecule has 1 aliphatic heterocycles. The Morgan fingerprint density at radius 3 is 2.78 bits per heavy atom. The zero-order valence-corrected chi connectivity index (χ0v) is 14.0. The fourth-order valence-corrected chi connectivity index (χ4v) is 3.66. The summed E-state index contributed by atoms with van der Waals surface area (Å²) in [4.78, 5) is 24.4. The third-order valence-corrected chi connectivity index (χ3v) is 4.93. The molecule has 2 aliphatic rings. The Morgan fingerprint density at radius 2 is 2.04 bits per heavy atom. The van der Waals surface area contributed by atoms with E-state index in [-0.39, 0.29) is 30.3 Å². The number of hydrogen-bond acceptors (Lipinski definition) is 3. The van der Waals surface area contributed by atoms with Crippen LogP contribution in [0.15, 0.2) is 18.2 Å². The molecule has 1 heterocycles. The molecule has 2 amide bonds. The predicted octanol–water partition coefficient (Wildman–Crippen LogP) is 2.38. The van der Waals surface area contributed by atoms with Crippen LogP contribution >= 0.6 is 11.6 Å². The van der Waals surface area contributed by atoms with Gasteiger partial charge in [0.15, 0.2) is 0 Å². The number of amides is 2. The number of nitrogens with one attached hydrogen (secondary N) is 3. The third kappa shape index (κ3) is 3.85. The molecule has 0 aromatic heterocycles. The van der Waals surface area contributed by atoms with Crippen molar-refractivity contribution in [1.82, 2.24) is 10.6 Å². The van der Waals surface area contributed by atoms with E-state index in [1.54, 1.807) is 12.1 Å². The smallest absolute Gasteiger partial charge is 0.237 e. The van der Waals surface area contributed by atoms with Gasteiger partial charge in [0, 0.05) is 12.1 Å². The molecule has 1 saturated carbocycles. The molecule has 1 aromatic carbocycles. The van der Waals surface area contributed by atoms with E-state index in [2.05, 4.69) is 16.0 Å². The zero-order chi connectivity index (χ0) is 16.4. The van der Waals surface area contributed by atoms with E-state index in [9.17, 15) is 9.59 Å². The Kier molecular flexibility index (Phi) is 4.87. The van der Waals surface area contributed by atoms with Crippen molar-refractivity contribution in [2.45, 2.75) is 57.2 Å². The number of carbonyl (C=O) groups excluding carboxylic acids is 2. The Morgan fingerprint density at radius 1 is 1.30 bits per heavy atom. The molecule has 0 bridgehead atoms. The van der Waals surface area contributed by atoms with Crippen LogP contribution in [0.3, 0.4) is 0 Å². The van der Waals surface area contributed by atoms with Gasteiger partial charge in [0.2, 0.25) is 11.8 Å². The summed E-state index contributed by atoms with van der Waals surface area (Å²) in [7, 11) is 0. The highest BCUT2D eigenvalue weighted by molar-refractivity contribution is 6.33. The summed E-state index contributed by atoms with van der Waals surface area (Å²) in [6.45, 7) is 1.94. The van der Waals surface area contributed by atoms with Crippen LogP contribution in [0, 0.1) is 6.92 Å². The van der Waals surface area contributed by atoms with Gasteiger partial charge in [-0.3, -0.25) is 9.59 Å². The first-order valence-corrected chi connectivity index (χ1v) is 8.53. The number of carbonyl (C=O) groups is 2. The van der Waals surface area contributed by atoms with Gasteiger partial charge >= 0.3 is 0 Å². The van der Waals surface area contributed by atoms with Crippen molar-refractivity contribution in [1.29, 1.82) is 0 Å². The molecule has 23 heavy (non-hydrogen) atoms. The molecular weight excluding hydrogens is 314 g/mol. The number of anilines is 1. The minimum Gasteiger partial charge on any atom is -0.350 e. The predicted molar refractivity (Wildman–Crippen MR) is 90.5 cm³/mol. The van der Waals surface area contributed by atoms with Gasteiger partial charge in [0.1, 0.15) is 0 Å². The molecule has 3 N–H and O–H groups in total. The SMILES string of the molecule is Cc1ccc(NC(=O)C[C@H]2N[C@H]3CCCC[C@@H]3NC2=O)c(Cl)c1. The minimum absolute atomic E-state index is 0.0849. The van der Waals surface area contributed by atoms with Crippen molar-refractivity contribution in [2.24, 2.45) is 0 Å². The quantitative estimate of drug-likeness (QED) is 0.794. The van der Waals surface area contributed by atoms with Gasteiger partial charge in [-0.05, 0) is 37.5 Å². The molecule has 0 unspecified atom stereocenters. The van der Waals surface area contributed by atoms with E-state index in [4.69, 9.17) is 11.6 Å². The highest BCUT2D eigenvalue weighted by Gasteiger charge is 2.36. The summed E-state index contributed by atoms with van der Waals surface area (Å²) in [6.07, 6.45) is 4.50. The lowest BCUT2D eigenvalue weighted by Crippen LogP contribution is -2.65. The summed E-state index contributed by atoms with van der Waals surface area (Å²) in [5, 5.41) is 9.68. The van der Waals surface area contributed by atoms with Crippen molar-refractivity contribution in [2.75, 3.05) is 5.32 Å². The van der Waals surface area contributed by atoms with Gasteiger partial charge < -0.3 is 16.0 Å². The van der Waals surface area contributed by atoms with E-state index in [1.165, 1.54) is 6.42 Å². The second-order valence-corrected chi connectivity index (χ2v) is 6.87. The second kappa shape index (κ2) is 6.89. The molecule has 1 saturated heterocycles. The van der Waals surface area contributed by atoms with Crippen LogP contribution in [0.25, 0.3) is 0 Å². The van der Waals surface area contributed by atoms with Crippen LogP contribution in [0.1, 0.15) is 37.7 Å². The van der Waals surface area contributed by atoms with Gasteiger partial charge in [0.05, 0.1) is 23.2 Å². The molecule has 0 radical (unpaired) electrons. The van der Waals surface area contributed by atoms with Crippen LogP contribution in [-0.4, -0.2) is 29.9 Å². The lowest BCUT2D eigenvalue weighted by Gasteiger charge is -2.40. The Bertz CT molecular complexity index is 620. The lowest BCUT2D eigenvalue weighted by molar-refractivity contribution is -0.129. The molecule has 1 aromatic rings. The standard InChI is InChI=1S/C17H22ClN3O2/c1-10-6-7-12(11(18)8-10)20-16(22)9-15-17(23)21-14-5-3-2-4-13(14)19-15/h6-8,13-15,19H,2-5,9H2,1H3,(H,20,22)(H,21,23)/t13-,14-,15+/m0/s1. The minimum atomic E-state index is -0.474. The largest absolute Gasteiger partial charge is 0.350 e. The van der Waals surface area contributed by atoms with Crippen molar-refractivity contribution in [3.05, 3.63) is 28.8 Å². The van der Waals surface area contributed by atoms with Crippen molar-refractivity contribution in [3.8, 4) is 0 Å². The maximum Gasteiger partial charge on any atom is 0.237 e. The first-order chi connectivity index (χ1) is 11.0. The van der Waals surface area contributed by atoms with Crippen LogP contribution in [0.4, 0.5) is 5.69 Å². The number of halogens is 1. The average Bonchev–Trinajstić information content (AvgIpc) is 2.51. The van der Waals surface area contributed by atoms with Crippen molar-refractivity contribution < 1.29 is 9.59 Å². The molecule has 3 atom stereocenters. The number of rotatable bonds is 3. The molecule has 1 aliphatic carbocycles. The third-order valence-electron chi connectivity index (χ3n) is 4.61. The first-order valence-electron chi connectivity index (χ1n) is 8.15. The summed E-state index contributed by atoms with van der Waals surface area (Å²) >= 11 is 6.13. The summed E-state index contributed by atoms with van der Waals surface area (Å²) < 4.78 is 0. The summed E-state index contributed by atoms with van der Waals surface area (Å²) in [5.41, 5.74) is 1.61. The van der Waals surface area contributed by atoms with E-state index >= 15 is 0 Å². The Labute approximate surface area is 141 Å². The average molecular weight is 336 g/mol. The Balaban J connectivity index is 1.59. The zero-order valence-electron chi connectivity index (χ0n) is 13.2. The monoisotopic (exact) mass is 335 g/mol. The Hall–Kier alpha value is -1.59. The maximum absolute atomic E-state index is 12.2. The summed E-state index contributed by atoms with van der Waals surface area (Å²) in [5.74, 6) is -0.295. The highest BCUT2D eigenvalue weighted by atomic mass is 35.5. The van der Waals surface area contributed by atoms with Crippen LogP contribution in [0.5, 0.6) is 0 Å². The normalized spacial score (nSPS) is 27.0. The number of hydrogen-bond donors (Lipinski definition) is 3. The van der Waals surface area contributed by atoms with Crippen molar-refractivity contribution in [3.63, 3.8) is 0 Å². The molecule has 0 spiro atoms. The molecule has 2 fully saturated rings. The number of benzene rings is 1. The van der Waals surface area contributed by atoms with E-state index in [1.807, 2.05) is 13.0 Å². The topological polar surface area (TPSA) is 70.2 Å². The fraction of sp³-hybridized carbons (Fsp3) is 0.529. The van der Waals surface area contributed by atoms with Gasteiger partial charge in [0.25, 0.3) is 0 Å². The van der Waals surface area contributed by atoms with Crippen LogP contribution in [-0.2, 0) is 9.59 Å². The van der Waals surface area contributed by atoms with E-state index < -0.39 is 6.04 Å². The molecule has 6 heteroatoms. The maximum atomic E-state index is 12.2. The fourth-order valence-electron chi connectivity index (χ4n) is 3.38. The summed E-state index contributed by atoms with van der Waals surface area (Å²) in [6, 6.07) is 5.48. The van der Waals surface area contributed by atoms with Gasteiger partial charge in [-0.2, -0.15) is 0 Å². The number of piperazine rings is 1. The van der Waals surface area contributed by atoms with Crippen molar-refractivity contribution >= 4 is 29.1 Å². The lowest BCUT2D eigenvalue weighted by atomic mass is 9.87. The van der Waals surface area contributed by atoms with Gasteiger partial charge in [-0.15, -0.1) is 0 Å². The number of fused-ring (bicyclic) bond motifs is 1. The van der Waals surface area contributed by atoms with Gasteiger partial charge in [-0.25, -0.2) is 0 Å².